The molecule has 0 aromatic heterocycles. The van der Waals surface area contributed by atoms with Gasteiger partial charge >= 0.3 is 0 Å². The van der Waals surface area contributed by atoms with Crippen molar-refractivity contribution in [1.29, 1.82) is 0 Å². The molecule has 128 valence electrons. The summed E-state index contributed by atoms with van der Waals surface area (Å²) in [5.41, 5.74) is 3.10. The van der Waals surface area contributed by atoms with Crippen molar-refractivity contribution in [2.24, 2.45) is 0 Å². The fourth-order valence-corrected chi connectivity index (χ4v) is 2.51. The van der Waals surface area contributed by atoms with Gasteiger partial charge in [0.05, 0.1) is 21.3 Å². The zero-order valence-corrected chi connectivity index (χ0v) is 15.1. The number of nitrogens with one attached hydrogen (secondary N) is 2. The predicted molar refractivity (Wildman–Crippen MR) is 100 cm³/mol. The fourth-order valence-electron chi connectivity index (χ4n) is 2.32. The van der Waals surface area contributed by atoms with E-state index < -0.39 is 0 Å². The Hall–Kier alpha value is -2.47. The van der Waals surface area contributed by atoms with Gasteiger partial charge in [-0.3, -0.25) is 0 Å². The molecule has 24 heavy (non-hydrogen) atoms. The quantitative estimate of drug-likeness (QED) is 0.781. The van der Waals surface area contributed by atoms with Crippen LogP contribution in [0, 0.1) is 6.92 Å². The van der Waals surface area contributed by atoms with Crippen LogP contribution < -0.4 is 24.8 Å². The summed E-state index contributed by atoms with van der Waals surface area (Å²) in [5, 5.41) is 6.89. The SMILES string of the molecule is COc1cc(CNC(=S)Nc2cccc(C)c2)cc(OC)c1OC. The Kier molecular flexibility index (Phi) is 6.26. The van der Waals surface area contributed by atoms with E-state index in [1.165, 1.54) is 5.56 Å². The van der Waals surface area contributed by atoms with Crippen LogP contribution in [-0.4, -0.2) is 26.4 Å². The second-order valence-electron chi connectivity index (χ2n) is 5.21. The van der Waals surface area contributed by atoms with E-state index in [4.69, 9.17) is 26.4 Å². The van der Waals surface area contributed by atoms with Crippen molar-refractivity contribution < 1.29 is 14.2 Å². The van der Waals surface area contributed by atoms with Crippen LogP contribution in [0.4, 0.5) is 5.69 Å². The van der Waals surface area contributed by atoms with Crippen molar-refractivity contribution in [2.75, 3.05) is 26.6 Å². The van der Waals surface area contributed by atoms with E-state index in [9.17, 15) is 0 Å². The van der Waals surface area contributed by atoms with E-state index in [1.54, 1.807) is 21.3 Å². The normalized spacial score (nSPS) is 10.0. The van der Waals surface area contributed by atoms with Crippen LogP contribution in [0.25, 0.3) is 0 Å². The summed E-state index contributed by atoms with van der Waals surface area (Å²) < 4.78 is 16.0. The molecule has 0 atom stereocenters. The van der Waals surface area contributed by atoms with Gasteiger partial charge in [-0.1, -0.05) is 12.1 Å². The van der Waals surface area contributed by atoms with E-state index in [-0.39, 0.29) is 0 Å². The van der Waals surface area contributed by atoms with Gasteiger partial charge in [-0.25, -0.2) is 0 Å². The van der Waals surface area contributed by atoms with Crippen molar-refractivity contribution in [3.8, 4) is 17.2 Å². The Morgan fingerprint density at radius 1 is 1.00 bits per heavy atom. The average molecular weight is 346 g/mol. The van der Waals surface area contributed by atoms with E-state index >= 15 is 0 Å². The molecular weight excluding hydrogens is 324 g/mol. The van der Waals surface area contributed by atoms with Crippen molar-refractivity contribution in [1.82, 2.24) is 5.32 Å². The molecular formula is C18H22N2O3S. The van der Waals surface area contributed by atoms with Gasteiger partial charge in [-0.2, -0.15) is 0 Å². The van der Waals surface area contributed by atoms with Gasteiger partial charge in [0.15, 0.2) is 16.6 Å². The first kappa shape index (κ1) is 17.9. The summed E-state index contributed by atoms with van der Waals surface area (Å²) in [6, 6.07) is 11.8. The van der Waals surface area contributed by atoms with E-state index in [2.05, 4.69) is 10.6 Å². The van der Waals surface area contributed by atoms with E-state index in [0.29, 0.717) is 28.9 Å². The highest BCUT2D eigenvalue weighted by atomic mass is 32.1. The first-order chi connectivity index (χ1) is 11.6. The molecule has 6 heteroatoms. The lowest BCUT2D eigenvalue weighted by Gasteiger charge is -2.15. The maximum atomic E-state index is 5.35. The number of aryl methyl sites for hydroxylation is 1. The topological polar surface area (TPSA) is 51.8 Å². The number of hydrogen-bond donors (Lipinski definition) is 2. The van der Waals surface area contributed by atoms with Crippen LogP contribution in [0.1, 0.15) is 11.1 Å². The Morgan fingerprint density at radius 2 is 1.67 bits per heavy atom. The number of benzene rings is 2. The maximum absolute atomic E-state index is 5.35. The highest BCUT2D eigenvalue weighted by Gasteiger charge is 2.13. The summed E-state index contributed by atoms with van der Waals surface area (Å²) in [7, 11) is 4.77. The third kappa shape index (κ3) is 4.52. The molecule has 2 aromatic carbocycles. The average Bonchev–Trinajstić information content (AvgIpc) is 2.58. The van der Waals surface area contributed by atoms with Gasteiger partial charge in [0.1, 0.15) is 0 Å². The van der Waals surface area contributed by atoms with Crippen molar-refractivity contribution in [3.05, 3.63) is 47.5 Å². The molecule has 5 nitrogen and oxygen atoms in total. The smallest absolute Gasteiger partial charge is 0.203 e. The lowest BCUT2D eigenvalue weighted by molar-refractivity contribution is 0.323. The Morgan fingerprint density at radius 3 is 2.21 bits per heavy atom. The fraction of sp³-hybridized carbons (Fsp3) is 0.278. The highest BCUT2D eigenvalue weighted by Crippen LogP contribution is 2.38. The number of ether oxygens (including phenoxy) is 3. The number of methoxy groups -OCH3 is 3. The molecule has 0 saturated carbocycles. The molecule has 0 unspecified atom stereocenters. The lowest BCUT2D eigenvalue weighted by Crippen LogP contribution is -2.27. The molecule has 2 rings (SSSR count). The zero-order chi connectivity index (χ0) is 17.5. The standard InChI is InChI=1S/C18H22N2O3S/c1-12-6-5-7-14(8-12)20-18(24)19-11-13-9-15(21-2)17(23-4)16(10-13)22-3/h5-10H,11H2,1-4H3,(H2,19,20,24). The molecule has 0 spiro atoms. The van der Waals surface area contributed by atoms with Crippen LogP contribution in [0.3, 0.4) is 0 Å². The monoisotopic (exact) mass is 346 g/mol. The highest BCUT2D eigenvalue weighted by molar-refractivity contribution is 7.80. The van der Waals surface area contributed by atoms with E-state index in [1.807, 2.05) is 43.3 Å². The zero-order valence-electron chi connectivity index (χ0n) is 14.3. The molecule has 0 heterocycles. The predicted octanol–water partition coefficient (Wildman–Crippen LogP) is 3.51. The molecule has 2 aromatic rings. The lowest BCUT2D eigenvalue weighted by atomic mass is 10.2. The molecule has 0 amide bonds. The number of rotatable bonds is 6. The summed E-state index contributed by atoms with van der Waals surface area (Å²) in [6.07, 6.45) is 0. The number of anilines is 1. The minimum absolute atomic E-state index is 0.536. The number of thiocarbonyl (C=S) groups is 1. The van der Waals surface area contributed by atoms with Crippen LogP contribution in [0.15, 0.2) is 36.4 Å². The molecule has 0 aliphatic heterocycles. The molecule has 0 saturated heterocycles. The third-order valence-corrected chi connectivity index (χ3v) is 3.70. The van der Waals surface area contributed by atoms with Gasteiger partial charge in [-0.05, 0) is 54.5 Å². The van der Waals surface area contributed by atoms with Gasteiger partial charge in [-0.15, -0.1) is 0 Å². The van der Waals surface area contributed by atoms with Gasteiger partial charge in [0, 0.05) is 12.2 Å². The Labute approximate surface area is 147 Å². The summed E-state index contributed by atoms with van der Waals surface area (Å²) in [6.45, 7) is 2.58. The minimum atomic E-state index is 0.536. The van der Waals surface area contributed by atoms with Crippen LogP contribution >= 0.6 is 12.2 Å². The third-order valence-electron chi connectivity index (χ3n) is 3.45. The molecule has 0 bridgehead atoms. The van der Waals surface area contributed by atoms with Crippen molar-refractivity contribution >= 4 is 23.0 Å². The molecule has 0 aliphatic carbocycles. The van der Waals surface area contributed by atoms with Crippen molar-refractivity contribution in [3.63, 3.8) is 0 Å². The maximum Gasteiger partial charge on any atom is 0.203 e. The summed E-state index contributed by atoms with van der Waals surface area (Å²) >= 11 is 5.34. The second-order valence-corrected chi connectivity index (χ2v) is 5.62. The number of hydrogen-bond acceptors (Lipinski definition) is 4. The largest absolute Gasteiger partial charge is 0.493 e. The molecule has 0 fully saturated rings. The first-order valence-corrected chi connectivity index (χ1v) is 7.88. The Balaban J connectivity index is 2.04. The van der Waals surface area contributed by atoms with Crippen molar-refractivity contribution in [2.45, 2.75) is 13.5 Å². The van der Waals surface area contributed by atoms with E-state index in [0.717, 1.165) is 11.3 Å². The second kappa shape index (κ2) is 8.40. The minimum Gasteiger partial charge on any atom is -0.493 e. The van der Waals surface area contributed by atoms with Crippen LogP contribution in [0.5, 0.6) is 17.2 Å². The van der Waals surface area contributed by atoms with Crippen LogP contribution in [0.2, 0.25) is 0 Å². The van der Waals surface area contributed by atoms with Gasteiger partial charge in [0.25, 0.3) is 0 Å². The first-order valence-electron chi connectivity index (χ1n) is 7.47. The molecule has 2 N–H and O–H groups in total. The molecule has 0 radical (unpaired) electrons. The van der Waals surface area contributed by atoms with Gasteiger partial charge in [0.2, 0.25) is 5.75 Å². The molecule has 0 aliphatic rings. The van der Waals surface area contributed by atoms with Gasteiger partial charge < -0.3 is 24.8 Å². The summed E-state index contributed by atoms with van der Waals surface area (Å²) in [5.74, 6) is 1.81. The summed E-state index contributed by atoms with van der Waals surface area (Å²) in [4.78, 5) is 0. The van der Waals surface area contributed by atoms with Crippen LogP contribution in [-0.2, 0) is 6.54 Å². The Bertz CT molecular complexity index is 694.